The van der Waals surface area contributed by atoms with E-state index in [9.17, 15) is 4.79 Å². The van der Waals surface area contributed by atoms with E-state index in [1.165, 1.54) is 38.2 Å². The molecule has 0 heterocycles. The smallest absolute Gasteiger partial charge is 0.303 e. The number of rotatable bonds is 10. The third-order valence-corrected chi connectivity index (χ3v) is 6.43. The second-order valence-electron chi connectivity index (χ2n) is 9.18. The van der Waals surface area contributed by atoms with Gasteiger partial charge in [-0.05, 0) is 54.4 Å². The number of carbonyl (C=O) groups excluding carboxylic acids is 1. The Morgan fingerprint density at radius 1 is 1.13 bits per heavy atom. The average molecular weight is 417 g/mol. The van der Waals surface area contributed by atoms with Crippen LogP contribution in [0.5, 0.6) is 11.5 Å². The van der Waals surface area contributed by atoms with Crippen LogP contribution in [0.4, 0.5) is 0 Å². The number of unbranched alkanes of at least 4 members (excludes halogenated alkanes) is 3. The normalized spacial score (nSPS) is 19.5. The summed E-state index contributed by atoms with van der Waals surface area (Å²) < 4.78 is 17.4. The molecule has 0 radical (unpaired) electrons. The third kappa shape index (κ3) is 5.80. The fourth-order valence-electron chi connectivity index (χ4n) is 4.60. The van der Waals surface area contributed by atoms with Gasteiger partial charge in [0.1, 0.15) is 17.6 Å². The summed E-state index contributed by atoms with van der Waals surface area (Å²) in [6, 6.07) is 4.31. The molecule has 1 aliphatic carbocycles. The van der Waals surface area contributed by atoms with E-state index in [4.69, 9.17) is 14.2 Å². The van der Waals surface area contributed by atoms with Gasteiger partial charge in [-0.25, -0.2) is 0 Å². The second kappa shape index (κ2) is 10.9. The Morgan fingerprint density at radius 3 is 2.30 bits per heavy atom. The summed E-state index contributed by atoms with van der Waals surface area (Å²) in [5, 5.41) is 0. The van der Waals surface area contributed by atoms with Crippen LogP contribution in [0.25, 0.3) is 0 Å². The second-order valence-corrected chi connectivity index (χ2v) is 9.18. The molecule has 1 fully saturated rings. The molecule has 0 saturated heterocycles. The fraction of sp³-hybridized carbons (Fsp3) is 0.654. The summed E-state index contributed by atoms with van der Waals surface area (Å²) in [4.78, 5) is 11.7. The first-order valence-electron chi connectivity index (χ1n) is 11.4. The largest absolute Gasteiger partial charge is 0.496 e. The maximum atomic E-state index is 11.7. The number of hydrogen-bond donors (Lipinski definition) is 0. The lowest BCUT2D eigenvalue weighted by Crippen LogP contribution is -2.30. The topological polar surface area (TPSA) is 44.8 Å². The highest BCUT2D eigenvalue weighted by molar-refractivity contribution is 5.67. The van der Waals surface area contributed by atoms with Crippen LogP contribution in [0.2, 0.25) is 0 Å². The maximum Gasteiger partial charge on any atom is 0.303 e. The summed E-state index contributed by atoms with van der Waals surface area (Å²) >= 11 is 0. The van der Waals surface area contributed by atoms with Crippen molar-refractivity contribution >= 4 is 5.97 Å². The Morgan fingerprint density at radius 2 is 1.77 bits per heavy atom. The molecule has 1 aromatic rings. The highest BCUT2D eigenvalue weighted by atomic mass is 16.5. The Balaban J connectivity index is 2.43. The van der Waals surface area contributed by atoms with Crippen LogP contribution in [-0.4, -0.2) is 26.3 Å². The van der Waals surface area contributed by atoms with Crippen LogP contribution in [0.3, 0.4) is 0 Å². The van der Waals surface area contributed by atoms with Crippen LogP contribution in [0.15, 0.2) is 24.3 Å². The summed E-state index contributed by atoms with van der Waals surface area (Å²) in [6.07, 6.45) is 8.58. The van der Waals surface area contributed by atoms with Crippen molar-refractivity contribution in [3.8, 4) is 11.5 Å². The third-order valence-electron chi connectivity index (χ3n) is 6.43. The fourth-order valence-corrected chi connectivity index (χ4v) is 4.60. The number of benzene rings is 1. The van der Waals surface area contributed by atoms with Crippen molar-refractivity contribution in [3.05, 3.63) is 35.4 Å². The minimum Gasteiger partial charge on any atom is -0.496 e. The van der Waals surface area contributed by atoms with E-state index in [2.05, 4.69) is 39.5 Å². The van der Waals surface area contributed by atoms with Gasteiger partial charge in [0.25, 0.3) is 0 Å². The first-order chi connectivity index (χ1) is 14.2. The molecular weight excluding hydrogens is 376 g/mol. The zero-order valence-corrected chi connectivity index (χ0v) is 19.8. The van der Waals surface area contributed by atoms with Crippen LogP contribution in [0, 0.1) is 0 Å². The van der Waals surface area contributed by atoms with Gasteiger partial charge in [0, 0.05) is 18.4 Å². The van der Waals surface area contributed by atoms with Crippen LogP contribution in [-0.2, 0) is 14.9 Å². The van der Waals surface area contributed by atoms with Gasteiger partial charge in [-0.2, -0.15) is 0 Å². The van der Waals surface area contributed by atoms with Gasteiger partial charge in [-0.15, -0.1) is 0 Å². The Labute approximate surface area is 183 Å². The lowest BCUT2D eigenvalue weighted by molar-refractivity contribution is -0.146. The molecule has 30 heavy (non-hydrogen) atoms. The standard InChI is InChI=1S/C26H40O4/c1-8-9-10-11-15-26(4,5)20-16-22(28-6)24(23(17-20)29-7)21-14-12-13-18(2)25(21)30-19(3)27/h16-17,21,25H,2,8-15H2,1,3-7H3/t21-,25?/m1/s1. The van der Waals surface area contributed by atoms with Crippen molar-refractivity contribution in [1.29, 1.82) is 0 Å². The predicted octanol–water partition coefficient (Wildman–Crippen LogP) is 6.71. The number of carbonyl (C=O) groups is 1. The van der Waals surface area contributed by atoms with Crippen LogP contribution >= 0.6 is 0 Å². The van der Waals surface area contributed by atoms with Crippen molar-refractivity contribution in [2.24, 2.45) is 0 Å². The molecule has 2 rings (SSSR count). The van der Waals surface area contributed by atoms with Crippen molar-refractivity contribution < 1.29 is 19.0 Å². The molecule has 2 atom stereocenters. The highest BCUT2D eigenvalue weighted by Crippen LogP contribution is 2.47. The number of methoxy groups -OCH3 is 2. The van der Waals surface area contributed by atoms with Crippen molar-refractivity contribution in [1.82, 2.24) is 0 Å². The molecule has 168 valence electrons. The van der Waals surface area contributed by atoms with E-state index in [0.717, 1.165) is 48.3 Å². The number of ether oxygens (including phenoxy) is 3. The zero-order valence-electron chi connectivity index (χ0n) is 19.8. The molecule has 0 aromatic heterocycles. The van der Waals surface area contributed by atoms with E-state index in [-0.39, 0.29) is 23.4 Å². The van der Waals surface area contributed by atoms with E-state index in [0.29, 0.717) is 0 Å². The highest BCUT2D eigenvalue weighted by Gasteiger charge is 2.36. The number of hydrogen-bond acceptors (Lipinski definition) is 4. The van der Waals surface area contributed by atoms with Crippen molar-refractivity contribution in [2.75, 3.05) is 14.2 Å². The van der Waals surface area contributed by atoms with Gasteiger partial charge < -0.3 is 14.2 Å². The molecule has 0 amide bonds. The minimum absolute atomic E-state index is 0.0123. The van der Waals surface area contributed by atoms with E-state index in [1.807, 2.05) is 0 Å². The Bertz CT molecular complexity index is 710. The summed E-state index contributed by atoms with van der Waals surface area (Å²) in [5.74, 6) is 1.32. The molecule has 0 spiro atoms. The molecule has 0 N–H and O–H groups in total. The zero-order chi connectivity index (χ0) is 22.3. The maximum absolute atomic E-state index is 11.7. The van der Waals surface area contributed by atoms with Crippen molar-refractivity contribution in [2.45, 2.75) is 96.5 Å². The quantitative estimate of drug-likeness (QED) is 0.242. The van der Waals surface area contributed by atoms with Gasteiger partial charge in [0.05, 0.1) is 14.2 Å². The lowest BCUT2D eigenvalue weighted by atomic mass is 9.75. The molecule has 4 heteroatoms. The molecule has 0 bridgehead atoms. The van der Waals surface area contributed by atoms with Gasteiger partial charge in [-0.3, -0.25) is 4.79 Å². The molecule has 1 aromatic carbocycles. The van der Waals surface area contributed by atoms with E-state index < -0.39 is 0 Å². The van der Waals surface area contributed by atoms with Crippen molar-refractivity contribution in [3.63, 3.8) is 0 Å². The summed E-state index contributed by atoms with van der Waals surface area (Å²) in [5.41, 5.74) is 3.19. The van der Waals surface area contributed by atoms with E-state index in [1.54, 1.807) is 14.2 Å². The SMILES string of the molecule is C=C1CCC[C@H](c2c(OC)cc(C(C)(C)CCCCCC)cc2OC)C1OC(C)=O. The molecule has 1 aliphatic rings. The summed E-state index contributed by atoms with van der Waals surface area (Å²) in [7, 11) is 3.41. The van der Waals surface area contributed by atoms with Gasteiger partial charge in [0.2, 0.25) is 0 Å². The first-order valence-corrected chi connectivity index (χ1v) is 11.4. The van der Waals surface area contributed by atoms with Crippen LogP contribution < -0.4 is 9.47 Å². The van der Waals surface area contributed by atoms with Gasteiger partial charge >= 0.3 is 5.97 Å². The number of esters is 1. The summed E-state index contributed by atoms with van der Waals surface area (Å²) in [6.45, 7) is 12.5. The minimum atomic E-state index is -0.341. The molecule has 1 saturated carbocycles. The van der Waals surface area contributed by atoms with Gasteiger partial charge in [-0.1, -0.05) is 53.0 Å². The van der Waals surface area contributed by atoms with Gasteiger partial charge in [0.15, 0.2) is 0 Å². The van der Waals surface area contributed by atoms with E-state index >= 15 is 0 Å². The molecule has 4 nitrogen and oxygen atoms in total. The predicted molar refractivity (Wildman–Crippen MR) is 123 cm³/mol. The molecule has 1 unspecified atom stereocenters. The lowest BCUT2D eigenvalue weighted by Gasteiger charge is -2.35. The average Bonchev–Trinajstić information content (AvgIpc) is 2.71. The Hall–Kier alpha value is -1.97. The van der Waals surface area contributed by atoms with Crippen LogP contribution in [0.1, 0.15) is 96.1 Å². The molecule has 0 aliphatic heterocycles. The monoisotopic (exact) mass is 416 g/mol. The molecular formula is C26H40O4. The first kappa shape index (κ1) is 24.3. The Kier molecular flexibility index (Phi) is 8.81.